The lowest BCUT2D eigenvalue weighted by Crippen LogP contribution is -2.43. The van der Waals surface area contributed by atoms with E-state index in [4.69, 9.17) is 28.4 Å². The highest BCUT2D eigenvalue weighted by molar-refractivity contribution is 5.84. The smallest absolute Gasteiger partial charge is 0.119 e. The molecule has 6 nitrogen and oxygen atoms in total. The molecular formula is C42H52O6. The van der Waals surface area contributed by atoms with Gasteiger partial charge < -0.3 is 28.4 Å². The molecule has 256 valence electrons. The molecule has 4 aromatic carbocycles. The van der Waals surface area contributed by atoms with Crippen molar-refractivity contribution in [2.75, 3.05) is 66.1 Å². The maximum atomic E-state index is 5.96. The van der Waals surface area contributed by atoms with Gasteiger partial charge in [-0.15, -0.1) is 0 Å². The van der Waals surface area contributed by atoms with E-state index in [0.717, 1.165) is 103 Å². The largest absolute Gasteiger partial charge is 0.494 e. The van der Waals surface area contributed by atoms with E-state index in [2.05, 4.69) is 98.8 Å². The summed E-state index contributed by atoms with van der Waals surface area (Å²) in [5.41, 5.74) is 5.64. The molecule has 2 aliphatic rings. The highest BCUT2D eigenvalue weighted by Gasteiger charge is 2.34. The maximum absolute atomic E-state index is 5.96. The standard InChI is InChI=1S/C42H52O6/c1-41(29-45-30-41)27-43-19-3-5-21-47-39-15-9-33(10-16-39)23-35-7-13-38-26-36(8-14-37(38)25-35)24-34-11-17-40(18-12-34)48-22-6-4-20-44-28-42(2)31-46-32-42/h7-18,25-26H,3-6,19-24,27-32H2,1-2H3. The zero-order chi connectivity index (χ0) is 33.1. The normalized spacial score (nSPS) is 16.3. The summed E-state index contributed by atoms with van der Waals surface area (Å²) in [5, 5.41) is 2.55. The summed E-state index contributed by atoms with van der Waals surface area (Å²) in [6, 6.07) is 30.6. The fourth-order valence-corrected chi connectivity index (χ4v) is 6.14. The van der Waals surface area contributed by atoms with Gasteiger partial charge in [0, 0.05) is 24.0 Å². The van der Waals surface area contributed by atoms with Gasteiger partial charge >= 0.3 is 0 Å². The number of unbranched alkanes of at least 4 members (excludes halogenated alkanes) is 2. The van der Waals surface area contributed by atoms with Crippen molar-refractivity contribution in [1.29, 1.82) is 0 Å². The molecule has 6 rings (SSSR count). The minimum absolute atomic E-state index is 0.223. The van der Waals surface area contributed by atoms with E-state index < -0.39 is 0 Å². The van der Waals surface area contributed by atoms with E-state index in [1.807, 2.05) is 0 Å². The first-order chi connectivity index (χ1) is 23.4. The molecule has 6 heteroatoms. The van der Waals surface area contributed by atoms with E-state index >= 15 is 0 Å². The summed E-state index contributed by atoms with van der Waals surface area (Å²) in [7, 11) is 0. The Balaban J connectivity index is 0.882. The van der Waals surface area contributed by atoms with Crippen LogP contribution in [-0.2, 0) is 31.8 Å². The van der Waals surface area contributed by atoms with Gasteiger partial charge in [-0.05, 0) is 95.8 Å². The summed E-state index contributed by atoms with van der Waals surface area (Å²) in [6.07, 6.45) is 5.80. The second kappa shape index (κ2) is 16.8. The molecule has 0 bridgehead atoms. The Morgan fingerprint density at radius 1 is 0.479 bits per heavy atom. The number of ether oxygens (including phenoxy) is 6. The second-order valence-corrected chi connectivity index (χ2v) is 14.5. The third-order valence-electron chi connectivity index (χ3n) is 9.24. The van der Waals surface area contributed by atoms with Gasteiger partial charge in [-0.3, -0.25) is 0 Å². The van der Waals surface area contributed by atoms with E-state index in [0.29, 0.717) is 13.2 Å². The summed E-state index contributed by atoms with van der Waals surface area (Å²) in [6.45, 7) is 12.3. The first-order valence-electron chi connectivity index (χ1n) is 17.7. The maximum Gasteiger partial charge on any atom is 0.119 e. The van der Waals surface area contributed by atoms with Crippen molar-refractivity contribution in [3.05, 3.63) is 107 Å². The number of hydrogen-bond donors (Lipinski definition) is 0. The highest BCUT2D eigenvalue weighted by Crippen LogP contribution is 2.28. The average Bonchev–Trinajstić information content (AvgIpc) is 3.07. The van der Waals surface area contributed by atoms with Crippen molar-refractivity contribution in [2.45, 2.75) is 52.4 Å². The Hall–Kier alpha value is -3.42. The highest BCUT2D eigenvalue weighted by atomic mass is 16.5. The van der Waals surface area contributed by atoms with Crippen LogP contribution in [0.4, 0.5) is 0 Å². The summed E-state index contributed by atoms with van der Waals surface area (Å²) >= 11 is 0. The molecule has 0 spiro atoms. The predicted molar refractivity (Wildman–Crippen MR) is 191 cm³/mol. The van der Waals surface area contributed by atoms with Crippen LogP contribution < -0.4 is 9.47 Å². The minimum Gasteiger partial charge on any atom is -0.494 e. The number of fused-ring (bicyclic) bond motifs is 1. The van der Waals surface area contributed by atoms with E-state index in [9.17, 15) is 0 Å². The Morgan fingerprint density at radius 2 is 0.854 bits per heavy atom. The zero-order valence-electron chi connectivity index (χ0n) is 28.8. The molecular weight excluding hydrogens is 600 g/mol. The van der Waals surface area contributed by atoms with Crippen LogP contribution in [0, 0.1) is 10.8 Å². The van der Waals surface area contributed by atoms with Gasteiger partial charge in [-0.1, -0.05) is 74.5 Å². The summed E-state index contributed by atoms with van der Waals surface area (Å²) in [5.74, 6) is 1.85. The van der Waals surface area contributed by atoms with Crippen molar-refractivity contribution < 1.29 is 28.4 Å². The van der Waals surface area contributed by atoms with Crippen molar-refractivity contribution in [2.24, 2.45) is 10.8 Å². The van der Waals surface area contributed by atoms with Gasteiger partial charge in [-0.2, -0.15) is 0 Å². The third kappa shape index (κ3) is 10.3. The average molecular weight is 653 g/mol. The van der Waals surface area contributed by atoms with Crippen molar-refractivity contribution >= 4 is 10.8 Å². The molecule has 0 unspecified atom stereocenters. The SMILES string of the molecule is CC1(COCCCCOc2ccc(Cc3ccc4cc(Cc5ccc(OCCCCOCC6(C)COC6)cc5)ccc4c3)cc2)COC1. The molecule has 0 saturated carbocycles. The van der Waals surface area contributed by atoms with Gasteiger partial charge in [0.25, 0.3) is 0 Å². The molecule has 0 radical (unpaired) electrons. The summed E-state index contributed by atoms with van der Waals surface area (Å²) < 4.78 is 34.1. The second-order valence-electron chi connectivity index (χ2n) is 14.5. The quantitative estimate of drug-likeness (QED) is 0.0894. The van der Waals surface area contributed by atoms with Gasteiger partial charge in [0.1, 0.15) is 11.5 Å². The van der Waals surface area contributed by atoms with Crippen LogP contribution in [0.5, 0.6) is 11.5 Å². The van der Waals surface area contributed by atoms with Gasteiger partial charge in [-0.25, -0.2) is 0 Å². The first-order valence-corrected chi connectivity index (χ1v) is 17.7. The van der Waals surface area contributed by atoms with Crippen LogP contribution in [0.25, 0.3) is 10.8 Å². The summed E-state index contributed by atoms with van der Waals surface area (Å²) in [4.78, 5) is 0. The van der Waals surface area contributed by atoms with Gasteiger partial charge in [0.2, 0.25) is 0 Å². The molecule has 48 heavy (non-hydrogen) atoms. The van der Waals surface area contributed by atoms with Crippen LogP contribution in [0.3, 0.4) is 0 Å². The molecule has 0 amide bonds. The van der Waals surface area contributed by atoms with Crippen LogP contribution >= 0.6 is 0 Å². The fourth-order valence-electron chi connectivity index (χ4n) is 6.14. The van der Waals surface area contributed by atoms with E-state index in [-0.39, 0.29) is 10.8 Å². The van der Waals surface area contributed by atoms with Gasteiger partial charge in [0.05, 0.1) is 52.9 Å². The lowest BCUT2D eigenvalue weighted by molar-refractivity contribution is -0.138. The van der Waals surface area contributed by atoms with E-state index in [1.165, 1.54) is 33.0 Å². The lowest BCUT2D eigenvalue weighted by atomic mass is 9.90. The Kier molecular flexibility index (Phi) is 12.1. The topological polar surface area (TPSA) is 55.4 Å². The number of hydrogen-bond acceptors (Lipinski definition) is 6. The van der Waals surface area contributed by atoms with E-state index in [1.54, 1.807) is 0 Å². The molecule has 0 N–H and O–H groups in total. The van der Waals surface area contributed by atoms with Crippen molar-refractivity contribution in [3.63, 3.8) is 0 Å². The zero-order valence-corrected chi connectivity index (χ0v) is 28.8. The van der Waals surface area contributed by atoms with Gasteiger partial charge in [0.15, 0.2) is 0 Å². The minimum atomic E-state index is 0.223. The van der Waals surface area contributed by atoms with Crippen LogP contribution in [0.15, 0.2) is 84.9 Å². The molecule has 4 aromatic rings. The van der Waals surface area contributed by atoms with Crippen LogP contribution in [-0.4, -0.2) is 66.1 Å². The van der Waals surface area contributed by atoms with Crippen LogP contribution in [0.1, 0.15) is 61.8 Å². The molecule has 2 aliphatic heterocycles. The predicted octanol–water partition coefficient (Wildman–Crippen LogP) is 8.45. The lowest BCUT2D eigenvalue weighted by Gasteiger charge is -2.37. The Morgan fingerprint density at radius 3 is 1.23 bits per heavy atom. The first kappa shape index (κ1) is 34.4. The molecule has 2 saturated heterocycles. The third-order valence-corrected chi connectivity index (χ3v) is 9.24. The molecule has 0 atom stereocenters. The van der Waals surface area contributed by atoms with Crippen LogP contribution in [0.2, 0.25) is 0 Å². The monoisotopic (exact) mass is 652 g/mol. The molecule has 2 fully saturated rings. The fraction of sp³-hybridized carbons (Fsp3) is 0.476. The number of rotatable bonds is 20. The number of benzene rings is 4. The Bertz CT molecular complexity index is 1440. The van der Waals surface area contributed by atoms with Crippen molar-refractivity contribution in [1.82, 2.24) is 0 Å². The van der Waals surface area contributed by atoms with Crippen molar-refractivity contribution in [3.8, 4) is 11.5 Å². The molecule has 0 aromatic heterocycles. The Labute approximate surface area is 286 Å². The molecule has 0 aliphatic carbocycles. The molecule has 2 heterocycles.